The summed E-state index contributed by atoms with van der Waals surface area (Å²) in [6, 6.07) is 8.26. The Morgan fingerprint density at radius 2 is 2.00 bits per heavy atom. The number of amides is 1. The van der Waals surface area contributed by atoms with Crippen molar-refractivity contribution in [2.45, 2.75) is 25.4 Å². The maximum atomic E-state index is 11.9. The second kappa shape index (κ2) is 8.68. The number of carbonyl (C=O) groups excluding carboxylic acids is 1. The van der Waals surface area contributed by atoms with Crippen molar-refractivity contribution in [1.82, 2.24) is 20.4 Å². The van der Waals surface area contributed by atoms with E-state index < -0.39 is 0 Å². The molecule has 1 saturated heterocycles. The van der Waals surface area contributed by atoms with Gasteiger partial charge in [0.2, 0.25) is 0 Å². The van der Waals surface area contributed by atoms with Gasteiger partial charge in [-0.1, -0.05) is 12.1 Å². The summed E-state index contributed by atoms with van der Waals surface area (Å²) in [6.45, 7) is 2.76. The normalized spacial score (nSPS) is 18.5. The summed E-state index contributed by atoms with van der Waals surface area (Å²) in [5, 5.41) is 6.71. The fraction of sp³-hybridized carbons (Fsp3) is 0.556. The molecular formula is C18H29N5O. The molecule has 1 atom stereocenters. The van der Waals surface area contributed by atoms with Gasteiger partial charge in [-0.15, -0.1) is 0 Å². The average molecular weight is 331 g/mol. The minimum absolute atomic E-state index is 0.0210. The van der Waals surface area contributed by atoms with Crippen LogP contribution in [0.4, 0.5) is 0 Å². The molecule has 6 heteroatoms. The van der Waals surface area contributed by atoms with E-state index in [2.05, 4.69) is 27.6 Å². The summed E-state index contributed by atoms with van der Waals surface area (Å²) >= 11 is 0. The summed E-state index contributed by atoms with van der Waals surface area (Å²) < 4.78 is 0. The highest BCUT2D eigenvalue weighted by Gasteiger charge is 2.20. The molecule has 6 nitrogen and oxygen atoms in total. The van der Waals surface area contributed by atoms with Crippen molar-refractivity contribution in [2.24, 2.45) is 4.99 Å². The summed E-state index contributed by atoms with van der Waals surface area (Å²) in [7, 11) is 7.48. The van der Waals surface area contributed by atoms with Crippen molar-refractivity contribution in [3.05, 3.63) is 35.4 Å². The zero-order chi connectivity index (χ0) is 17.5. The molecule has 1 unspecified atom stereocenters. The van der Waals surface area contributed by atoms with Crippen LogP contribution >= 0.6 is 0 Å². The first-order chi connectivity index (χ1) is 11.5. The number of carbonyl (C=O) groups is 1. The van der Waals surface area contributed by atoms with Gasteiger partial charge in [0.15, 0.2) is 5.96 Å². The maximum absolute atomic E-state index is 11.9. The number of rotatable bonds is 5. The van der Waals surface area contributed by atoms with Gasteiger partial charge in [0.1, 0.15) is 0 Å². The van der Waals surface area contributed by atoms with Crippen LogP contribution in [-0.4, -0.2) is 69.0 Å². The average Bonchev–Trinajstić information content (AvgIpc) is 3.00. The third-order valence-corrected chi connectivity index (χ3v) is 4.47. The third-order valence-electron chi connectivity index (χ3n) is 4.47. The van der Waals surface area contributed by atoms with E-state index in [0.29, 0.717) is 18.2 Å². The molecule has 1 aliphatic rings. The molecule has 0 bridgehead atoms. The van der Waals surface area contributed by atoms with Crippen LogP contribution in [-0.2, 0) is 6.54 Å². The molecule has 0 radical (unpaired) electrons. The van der Waals surface area contributed by atoms with Gasteiger partial charge in [-0.25, -0.2) is 0 Å². The number of hydrogen-bond donors (Lipinski definition) is 2. The Bertz CT molecular complexity index is 567. The number of aliphatic imine (C=N–C) groups is 1. The van der Waals surface area contributed by atoms with E-state index in [0.717, 1.165) is 18.1 Å². The van der Waals surface area contributed by atoms with Gasteiger partial charge in [-0.2, -0.15) is 0 Å². The van der Waals surface area contributed by atoms with Crippen LogP contribution in [0.5, 0.6) is 0 Å². The van der Waals surface area contributed by atoms with Crippen LogP contribution in [0.2, 0.25) is 0 Å². The molecule has 0 aromatic heterocycles. The topological polar surface area (TPSA) is 60.0 Å². The highest BCUT2D eigenvalue weighted by molar-refractivity contribution is 5.93. The first kappa shape index (κ1) is 18.3. The Labute approximate surface area is 144 Å². The molecule has 0 saturated carbocycles. The van der Waals surface area contributed by atoms with E-state index in [4.69, 9.17) is 0 Å². The number of nitrogens with zero attached hydrogens (tertiary/aromatic N) is 3. The van der Waals surface area contributed by atoms with Crippen LogP contribution < -0.4 is 10.6 Å². The molecule has 132 valence electrons. The van der Waals surface area contributed by atoms with Crippen molar-refractivity contribution in [3.8, 4) is 0 Å². The highest BCUT2D eigenvalue weighted by atomic mass is 16.2. The van der Waals surface area contributed by atoms with E-state index in [1.165, 1.54) is 19.4 Å². The van der Waals surface area contributed by atoms with Gasteiger partial charge in [0.05, 0.1) is 0 Å². The van der Waals surface area contributed by atoms with Crippen molar-refractivity contribution >= 4 is 11.9 Å². The molecule has 24 heavy (non-hydrogen) atoms. The van der Waals surface area contributed by atoms with E-state index in [-0.39, 0.29) is 5.91 Å². The minimum atomic E-state index is 0.0210. The van der Waals surface area contributed by atoms with Crippen LogP contribution in [0.15, 0.2) is 29.3 Å². The van der Waals surface area contributed by atoms with E-state index in [1.807, 2.05) is 24.3 Å². The largest absolute Gasteiger partial charge is 0.355 e. The fourth-order valence-corrected chi connectivity index (χ4v) is 2.88. The summed E-state index contributed by atoms with van der Waals surface area (Å²) in [6.07, 6.45) is 2.51. The lowest BCUT2D eigenvalue weighted by Gasteiger charge is -2.21. The SMILES string of the molecule is CN=C(NCc1ccc(C(=O)N(C)C)cc1)NCC1CCCN1C. The van der Waals surface area contributed by atoms with E-state index in [9.17, 15) is 4.79 Å². The predicted octanol–water partition coefficient (Wildman–Crippen LogP) is 1.15. The summed E-state index contributed by atoms with van der Waals surface area (Å²) in [5.41, 5.74) is 1.82. The van der Waals surface area contributed by atoms with Crippen molar-refractivity contribution in [3.63, 3.8) is 0 Å². The first-order valence-corrected chi connectivity index (χ1v) is 8.46. The summed E-state index contributed by atoms with van der Waals surface area (Å²) in [4.78, 5) is 20.1. The molecule has 1 heterocycles. The van der Waals surface area contributed by atoms with Crippen LogP contribution in [0.1, 0.15) is 28.8 Å². The quantitative estimate of drug-likeness (QED) is 0.628. The molecule has 1 amide bonds. The van der Waals surface area contributed by atoms with Crippen molar-refractivity contribution in [2.75, 3.05) is 41.3 Å². The summed E-state index contributed by atoms with van der Waals surface area (Å²) in [5.74, 6) is 0.830. The lowest BCUT2D eigenvalue weighted by atomic mass is 10.1. The molecule has 0 spiro atoms. The zero-order valence-corrected chi connectivity index (χ0v) is 15.2. The van der Waals surface area contributed by atoms with E-state index >= 15 is 0 Å². The lowest BCUT2D eigenvalue weighted by Crippen LogP contribution is -2.43. The van der Waals surface area contributed by atoms with Crippen LogP contribution in [0.3, 0.4) is 0 Å². The van der Waals surface area contributed by atoms with Gasteiger partial charge in [-0.3, -0.25) is 9.79 Å². The predicted molar refractivity (Wildman–Crippen MR) is 98.3 cm³/mol. The molecule has 1 aliphatic heterocycles. The van der Waals surface area contributed by atoms with Gasteiger partial charge in [0.25, 0.3) is 5.91 Å². The van der Waals surface area contributed by atoms with Gasteiger partial charge < -0.3 is 20.4 Å². The molecule has 2 rings (SSSR count). The maximum Gasteiger partial charge on any atom is 0.253 e. The number of guanidine groups is 1. The number of nitrogens with one attached hydrogen (secondary N) is 2. The number of likely N-dealkylation sites (N-methyl/N-ethyl adjacent to an activating group) is 1. The second-order valence-corrected chi connectivity index (χ2v) is 6.48. The number of benzene rings is 1. The van der Waals surface area contributed by atoms with Crippen LogP contribution in [0, 0.1) is 0 Å². The molecule has 1 fully saturated rings. The van der Waals surface area contributed by atoms with E-state index in [1.54, 1.807) is 26.0 Å². The lowest BCUT2D eigenvalue weighted by molar-refractivity contribution is 0.0827. The zero-order valence-electron chi connectivity index (χ0n) is 15.2. The third kappa shape index (κ3) is 4.96. The molecule has 2 N–H and O–H groups in total. The van der Waals surface area contributed by atoms with Gasteiger partial charge >= 0.3 is 0 Å². The molecule has 1 aromatic rings. The van der Waals surface area contributed by atoms with Gasteiger partial charge in [0, 0.05) is 45.8 Å². The Hall–Kier alpha value is -2.08. The number of hydrogen-bond acceptors (Lipinski definition) is 3. The molecular weight excluding hydrogens is 302 g/mol. The Balaban J connectivity index is 1.81. The number of likely N-dealkylation sites (tertiary alicyclic amines) is 1. The molecule has 0 aliphatic carbocycles. The van der Waals surface area contributed by atoms with Crippen molar-refractivity contribution in [1.29, 1.82) is 0 Å². The Kier molecular flexibility index (Phi) is 6.61. The fourth-order valence-electron chi connectivity index (χ4n) is 2.88. The van der Waals surface area contributed by atoms with Crippen LogP contribution in [0.25, 0.3) is 0 Å². The van der Waals surface area contributed by atoms with Gasteiger partial charge in [-0.05, 0) is 44.1 Å². The smallest absolute Gasteiger partial charge is 0.253 e. The Morgan fingerprint density at radius 1 is 1.29 bits per heavy atom. The molecule has 1 aromatic carbocycles. The second-order valence-electron chi connectivity index (χ2n) is 6.48. The van der Waals surface area contributed by atoms with Crippen molar-refractivity contribution < 1.29 is 4.79 Å². The Morgan fingerprint density at radius 3 is 2.54 bits per heavy atom. The highest BCUT2D eigenvalue weighted by Crippen LogP contribution is 2.13. The minimum Gasteiger partial charge on any atom is -0.355 e. The monoisotopic (exact) mass is 331 g/mol. The first-order valence-electron chi connectivity index (χ1n) is 8.46. The standard InChI is InChI=1S/C18H29N5O/c1-19-18(21-13-16-6-5-11-23(16)4)20-12-14-7-9-15(10-8-14)17(24)22(2)3/h7-10,16H,5-6,11-13H2,1-4H3,(H2,19,20,21).